The molecule has 8 aromatic carbocycles. The molecule has 4 nitrogen and oxygen atoms in total. The molecule has 0 unspecified atom stereocenters. The van der Waals surface area contributed by atoms with E-state index >= 15 is 0 Å². The number of ether oxygens (including phenoxy) is 1. The lowest BCUT2D eigenvalue weighted by atomic mass is 9.62. The summed E-state index contributed by atoms with van der Waals surface area (Å²) in [5, 5.41) is 3.71. The van der Waals surface area contributed by atoms with E-state index in [1.807, 2.05) is 0 Å². The average Bonchev–Trinajstić information content (AvgIpc) is 3.25. The second-order valence-electron chi connectivity index (χ2n) is 15.5. The number of rotatable bonds is 10. The SMILES string of the molecule is Cc1ccc(Nc2ccc(C)cc2[B]c2ccc(N(c3ccccc3)c3cccc4c3Oc3ccccc3C4(C)C)cc2N(c2ccccc2)c2ccccc2)cc1. The van der Waals surface area contributed by atoms with Crippen molar-refractivity contribution < 1.29 is 4.74 Å². The van der Waals surface area contributed by atoms with Gasteiger partial charge in [0.15, 0.2) is 13.0 Å². The highest BCUT2D eigenvalue weighted by molar-refractivity contribution is 6.70. The summed E-state index contributed by atoms with van der Waals surface area (Å²) in [6, 6.07) is 68.8. The molecule has 0 aliphatic carbocycles. The van der Waals surface area contributed by atoms with Gasteiger partial charge >= 0.3 is 0 Å². The van der Waals surface area contributed by atoms with E-state index < -0.39 is 0 Å². The molecule has 1 aliphatic rings. The zero-order chi connectivity index (χ0) is 39.6. The minimum absolute atomic E-state index is 0.262. The normalized spacial score (nSPS) is 12.4. The Balaban J connectivity index is 1.25. The smallest absolute Gasteiger partial charge is 0.197 e. The first-order valence-electron chi connectivity index (χ1n) is 19.9. The Morgan fingerprint density at radius 2 is 1.03 bits per heavy atom. The molecule has 1 heterocycles. The third kappa shape index (κ3) is 7.12. The number of benzene rings is 8. The molecule has 0 spiro atoms. The van der Waals surface area contributed by atoms with Crippen molar-refractivity contribution >= 4 is 63.7 Å². The molecule has 0 amide bonds. The van der Waals surface area contributed by atoms with Gasteiger partial charge in [-0.1, -0.05) is 151 Å². The van der Waals surface area contributed by atoms with Gasteiger partial charge in [-0.15, -0.1) is 0 Å². The van der Waals surface area contributed by atoms with Crippen molar-refractivity contribution in [3.8, 4) is 11.5 Å². The number of aryl methyl sites for hydroxylation is 2. The molecule has 0 bridgehead atoms. The van der Waals surface area contributed by atoms with Crippen molar-refractivity contribution in [3.05, 3.63) is 216 Å². The van der Waals surface area contributed by atoms with Crippen LogP contribution in [0.2, 0.25) is 0 Å². The van der Waals surface area contributed by atoms with E-state index in [0.29, 0.717) is 0 Å². The molecule has 281 valence electrons. The van der Waals surface area contributed by atoms with Gasteiger partial charge in [0, 0.05) is 56.4 Å². The van der Waals surface area contributed by atoms with Crippen LogP contribution < -0.4 is 30.8 Å². The monoisotopic (exact) mass is 750 g/mol. The Morgan fingerprint density at radius 3 is 1.69 bits per heavy atom. The van der Waals surface area contributed by atoms with Gasteiger partial charge in [-0.25, -0.2) is 0 Å². The van der Waals surface area contributed by atoms with Crippen LogP contribution in [0, 0.1) is 13.8 Å². The molecular weight excluding hydrogens is 705 g/mol. The molecule has 0 saturated carbocycles. The van der Waals surface area contributed by atoms with Gasteiger partial charge in [0.2, 0.25) is 0 Å². The molecule has 5 heteroatoms. The summed E-state index contributed by atoms with van der Waals surface area (Å²) in [5.74, 6) is 1.75. The fourth-order valence-electron chi connectivity index (χ4n) is 8.08. The Kier molecular flexibility index (Phi) is 9.81. The summed E-state index contributed by atoms with van der Waals surface area (Å²) < 4.78 is 6.90. The standard InChI is InChI=1S/C53H45BN3O/c1-37-27-30-39(31-28-37)55-48-34-29-38(2)35-47(48)54-46-33-32-43(36-50(46)56(40-17-8-5-9-18-40)41-19-10-6-11-20-41)57(42-21-12-7-13-22-42)49-25-16-24-45-52(49)58-51-26-15-14-23-44(51)53(45,3)4/h5-36,55H,1-4H3. The first kappa shape index (κ1) is 36.7. The first-order chi connectivity index (χ1) is 28.3. The van der Waals surface area contributed by atoms with E-state index in [0.717, 1.165) is 73.5 Å². The molecule has 0 fully saturated rings. The highest BCUT2D eigenvalue weighted by atomic mass is 16.5. The molecule has 9 rings (SSSR count). The Labute approximate surface area is 343 Å². The van der Waals surface area contributed by atoms with Crippen LogP contribution in [-0.2, 0) is 5.41 Å². The molecule has 1 aliphatic heterocycles. The predicted molar refractivity (Wildman–Crippen MR) is 245 cm³/mol. The van der Waals surface area contributed by atoms with Gasteiger partial charge in [-0.2, -0.15) is 0 Å². The number of anilines is 8. The minimum Gasteiger partial charge on any atom is -0.455 e. The first-order valence-corrected chi connectivity index (χ1v) is 19.9. The molecule has 8 aromatic rings. The van der Waals surface area contributed by atoms with Crippen molar-refractivity contribution in [2.24, 2.45) is 0 Å². The van der Waals surface area contributed by atoms with Crippen molar-refractivity contribution in [3.63, 3.8) is 0 Å². The predicted octanol–water partition coefficient (Wildman–Crippen LogP) is 13.1. The molecule has 0 aromatic heterocycles. The third-order valence-electron chi connectivity index (χ3n) is 11.1. The largest absolute Gasteiger partial charge is 0.455 e. The van der Waals surface area contributed by atoms with Gasteiger partial charge in [0.25, 0.3) is 0 Å². The highest BCUT2D eigenvalue weighted by Crippen LogP contribution is 2.53. The molecular formula is C53H45BN3O. The summed E-state index contributed by atoms with van der Waals surface area (Å²) in [6.45, 7) is 8.84. The average molecular weight is 751 g/mol. The maximum absolute atomic E-state index is 6.90. The quantitative estimate of drug-likeness (QED) is 0.141. The van der Waals surface area contributed by atoms with Crippen LogP contribution in [0.3, 0.4) is 0 Å². The van der Waals surface area contributed by atoms with Crippen LogP contribution in [0.1, 0.15) is 36.1 Å². The Morgan fingerprint density at radius 1 is 0.466 bits per heavy atom. The van der Waals surface area contributed by atoms with Crippen LogP contribution >= 0.6 is 0 Å². The van der Waals surface area contributed by atoms with Gasteiger partial charge in [-0.3, -0.25) is 0 Å². The summed E-state index contributed by atoms with van der Waals surface area (Å²) in [4.78, 5) is 4.69. The lowest BCUT2D eigenvalue weighted by molar-refractivity contribution is 0.419. The maximum atomic E-state index is 6.90. The van der Waals surface area contributed by atoms with Crippen LogP contribution in [0.5, 0.6) is 11.5 Å². The van der Waals surface area contributed by atoms with E-state index in [4.69, 9.17) is 4.74 Å². The molecule has 1 N–H and O–H groups in total. The van der Waals surface area contributed by atoms with E-state index in [-0.39, 0.29) is 5.41 Å². The number of nitrogens with one attached hydrogen (secondary N) is 1. The summed E-state index contributed by atoms with van der Waals surface area (Å²) in [6.07, 6.45) is 0. The second-order valence-corrected chi connectivity index (χ2v) is 15.5. The van der Waals surface area contributed by atoms with E-state index in [1.54, 1.807) is 0 Å². The number of hydrogen-bond donors (Lipinski definition) is 1. The minimum atomic E-state index is -0.262. The fraction of sp³-hybridized carbons (Fsp3) is 0.0943. The lowest BCUT2D eigenvalue weighted by Crippen LogP contribution is -2.33. The van der Waals surface area contributed by atoms with E-state index in [2.05, 4.69) is 244 Å². The Bertz CT molecular complexity index is 2660. The number of fused-ring (bicyclic) bond motifs is 2. The van der Waals surface area contributed by atoms with Crippen molar-refractivity contribution in [1.82, 2.24) is 0 Å². The highest BCUT2D eigenvalue weighted by Gasteiger charge is 2.36. The Hall–Kier alpha value is -6.98. The molecule has 58 heavy (non-hydrogen) atoms. The van der Waals surface area contributed by atoms with Crippen molar-refractivity contribution in [2.75, 3.05) is 15.1 Å². The van der Waals surface area contributed by atoms with Crippen molar-refractivity contribution in [1.29, 1.82) is 0 Å². The number of nitrogens with zero attached hydrogens (tertiary/aromatic N) is 2. The van der Waals surface area contributed by atoms with Crippen LogP contribution in [0.15, 0.2) is 194 Å². The summed E-state index contributed by atoms with van der Waals surface area (Å²) >= 11 is 0. The van der Waals surface area contributed by atoms with Crippen LogP contribution in [0.4, 0.5) is 45.5 Å². The lowest BCUT2D eigenvalue weighted by Gasteiger charge is -2.37. The molecule has 1 radical (unpaired) electrons. The summed E-state index contributed by atoms with van der Waals surface area (Å²) in [5.41, 5.74) is 14.9. The van der Waals surface area contributed by atoms with Gasteiger partial charge in [-0.05, 0) is 92.7 Å². The molecule has 0 saturated heterocycles. The maximum Gasteiger partial charge on any atom is 0.197 e. The topological polar surface area (TPSA) is 27.7 Å². The van der Waals surface area contributed by atoms with Gasteiger partial charge in [0.05, 0.1) is 5.69 Å². The number of para-hydroxylation sites is 5. The van der Waals surface area contributed by atoms with Gasteiger partial charge < -0.3 is 19.9 Å². The zero-order valence-electron chi connectivity index (χ0n) is 33.4. The van der Waals surface area contributed by atoms with Crippen LogP contribution in [0.25, 0.3) is 0 Å². The third-order valence-corrected chi connectivity index (χ3v) is 11.1. The zero-order valence-corrected chi connectivity index (χ0v) is 33.4. The van der Waals surface area contributed by atoms with E-state index in [1.165, 1.54) is 16.7 Å². The van der Waals surface area contributed by atoms with Gasteiger partial charge in [0.1, 0.15) is 5.75 Å². The van der Waals surface area contributed by atoms with E-state index in [9.17, 15) is 0 Å². The second kappa shape index (κ2) is 15.5. The molecule has 0 atom stereocenters. The van der Waals surface area contributed by atoms with Crippen LogP contribution in [-0.4, -0.2) is 7.28 Å². The summed E-state index contributed by atoms with van der Waals surface area (Å²) in [7, 11) is 2.31. The van der Waals surface area contributed by atoms with Crippen molar-refractivity contribution in [2.45, 2.75) is 33.1 Å². The fourth-order valence-corrected chi connectivity index (χ4v) is 8.08. The number of hydrogen-bond acceptors (Lipinski definition) is 4.